The summed E-state index contributed by atoms with van der Waals surface area (Å²) in [6, 6.07) is 9.07. The van der Waals surface area contributed by atoms with Gasteiger partial charge < -0.3 is 19.3 Å². The van der Waals surface area contributed by atoms with Gasteiger partial charge in [0, 0.05) is 31.3 Å². The van der Waals surface area contributed by atoms with Gasteiger partial charge in [0.1, 0.15) is 12.6 Å². The number of para-hydroxylation sites is 1. The molecule has 1 fully saturated rings. The Bertz CT molecular complexity index is 752. The molecule has 1 saturated heterocycles. The van der Waals surface area contributed by atoms with Crippen molar-refractivity contribution in [1.29, 1.82) is 0 Å². The predicted molar refractivity (Wildman–Crippen MR) is 85.2 cm³/mol. The van der Waals surface area contributed by atoms with Gasteiger partial charge in [-0.2, -0.15) is 0 Å². The summed E-state index contributed by atoms with van der Waals surface area (Å²) in [7, 11) is 1.54. The Kier molecular flexibility index (Phi) is 4.09. The number of methoxy groups -OCH3 is 1. The zero-order valence-corrected chi connectivity index (χ0v) is 13.2. The van der Waals surface area contributed by atoms with Gasteiger partial charge in [0.25, 0.3) is 0 Å². The molecule has 6 nitrogen and oxygen atoms in total. The van der Waals surface area contributed by atoms with Crippen molar-refractivity contribution in [3.05, 3.63) is 36.0 Å². The van der Waals surface area contributed by atoms with Gasteiger partial charge in [0.15, 0.2) is 0 Å². The molecular formula is C17H20N2O4. The van der Waals surface area contributed by atoms with Crippen LogP contribution in [-0.4, -0.2) is 52.3 Å². The van der Waals surface area contributed by atoms with E-state index in [1.807, 2.05) is 41.8 Å². The predicted octanol–water partition coefficient (Wildman–Crippen LogP) is 1.65. The number of rotatable bonds is 4. The third-order valence-electron chi connectivity index (χ3n) is 4.51. The minimum Gasteiger partial charge on any atom is -0.480 e. The van der Waals surface area contributed by atoms with Crippen LogP contribution in [0.15, 0.2) is 30.3 Å². The average molecular weight is 316 g/mol. The van der Waals surface area contributed by atoms with Gasteiger partial charge >= 0.3 is 5.97 Å². The molecule has 0 radical (unpaired) electrons. The Morgan fingerprint density at radius 1 is 1.35 bits per heavy atom. The number of aromatic nitrogens is 1. The lowest BCUT2D eigenvalue weighted by molar-refractivity contribution is -0.148. The number of carbonyl (C=O) groups is 2. The van der Waals surface area contributed by atoms with E-state index in [0.717, 1.165) is 16.6 Å². The van der Waals surface area contributed by atoms with E-state index in [1.165, 1.54) is 4.90 Å². The van der Waals surface area contributed by atoms with Crippen LogP contribution in [0.2, 0.25) is 0 Å². The zero-order valence-electron chi connectivity index (χ0n) is 13.2. The summed E-state index contributed by atoms with van der Waals surface area (Å²) in [5.74, 6) is -1.17. The molecule has 1 aliphatic rings. The smallest absolute Gasteiger partial charge is 0.326 e. The van der Waals surface area contributed by atoms with Crippen molar-refractivity contribution in [1.82, 2.24) is 9.47 Å². The van der Waals surface area contributed by atoms with E-state index in [9.17, 15) is 14.7 Å². The Hall–Kier alpha value is -2.34. The van der Waals surface area contributed by atoms with Crippen LogP contribution in [0.4, 0.5) is 0 Å². The summed E-state index contributed by atoms with van der Waals surface area (Å²) in [4.78, 5) is 25.5. The summed E-state index contributed by atoms with van der Waals surface area (Å²) in [6.45, 7) is 2.41. The number of nitrogens with zero attached hydrogens (tertiary/aromatic N) is 2. The average Bonchev–Trinajstić information content (AvgIpc) is 3.09. The van der Waals surface area contributed by atoms with Gasteiger partial charge in [-0.05, 0) is 24.4 Å². The number of carboxylic acid groups (broad SMARTS) is 1. The number of carbonyl (C=O) groups excluding carboxylic acids is 1. The molecule has 2 aromatic rings. The zero-order chi connectivity index (χ0) is 16.6. The number of hydrogen-bond acceptors (Lipinski definition) is 3. The molecule has 2 heterocycles. The second-order valence-corrected chi connectivity index (χ2v) is 5.92. The van der Waals surface area contributed by atoms with Crippen molar-refractivity contribution in [3.8, 4) is 0 Å². The van der Waals surface area contributed by atoms with Crippen LogP contribution in [0.5, 0.6) is 0 Å². The molecule has 1 aromatic carbocycles. The van der Waals surface area contributed by atoms with Crippen molar-refractivity contribution in [3.63, 3.8) is 0 Å². The highest BCUT2D eigenvalue weighted by molar-refractivity contribution is 5.87. The fourth-order valence-corrected chi connectivity index (χ4v) is 3.26. The Morgan fingerprint density at radius 2 is 2.09 bits per heavy atom. The largest absolute Gasteiger partial charge is 0.480 e. The lowest BCUT2D eigenvalue weighted by atomic mass is 10.2. The van der Waals surface area contributed by atoms with E-state index < -0.39 is 12.0 Å². The standard InChI is InChI=1S/C17H20N2O4/c1-11-7-12-5-3-4-6-14(12)18(11)10-16(20)19-9-13(23-2)8-15(19)17(21)22/h3-7,13,15H,8-10H2,1-2H3,(H,21,22). The molecular weight excluding hydrogens is 296 g/mol. The molecule has 1 aromatic heterocycles. The SMILES string of the molecule is COC1CC(C(=O)O)N(C(=O)Cn2c(C)cc3ccccc32)C1. The van der Waals surface area contributed by atoms with Crippen LogP contribution in [0.25, 0.3) is 10.9 Å². The van der Waals surface area contributed by atoms with Crippen molar-refractivity contribution >= 4 is 22.8 Å². The van der Waals surface area contributed by atoms with E-state index in [4.69, 9.17) is 4.74 Å². The molecule has 2 atom stereocenters. The van der Waals surface area contributed by atoms with Crippen LogP contribution in [0.3, 0.4) is 0 Å². The number of aliphatic carboxylic acids is 1. The van der Waals surface area contributed by atoms with E-state index in [1.54, 1.807) is 7.11 Å². The molecule has 3 rings (SSSR count). The molecule has 122 valence electrons. The summed E-state index contributed by atoms with van der Waals surface area (Å²) in [5.41, 5.74) is 1.96. The molecule has 0 saturated carbocycles. The second-order valence-electron chi connectivity index (χ2n) is 5.92. The van der Waals surface area contributed by atoms with Crippen LogP contribution < -0.4 is 0 Å². The number of hydrogen-bond donors (Lipinski definition) is 1. The van der Waals surface area contributed by atoms with Crippen LogP contribution in [0.1, 0.15) is 12.1 Å². The van der Waals surface area contributed by atoms with Gasteiger partial charge in [-0.1, -0.05) is 18.2 Å². The summed E-state index contributed by atoms with van der Waals surface area (Å²) < 4.78 is 7.16. The van der Waals surface area contributed by atoms with E-state index in [0.29, 0.717) is 13.0 Å². The monoisotopic (exact) mass is 316 g/mol. The van der Waals surface area contributed by atoms with Gasteiger partial charge in [-0.15, -0.1) is 0 Å². The number of fused-ring (bicyclic) bond motifs is 1. The van der Waals surface area contributed by atoms with Crippen molar-refractivity contribution in [2.45, 2.75) is 32.0 Å². The topological polar surface area (TPSA) is 71.8 Å². The maximum absolute atomic E-state index is 12.7. The molecule has 2 unspecified atom stereocenters. The molecule has 0 bridgehead atoms. The fourth-order valence-electron chi connectivity index (χ4n) is 3.26. The Balaban J connectivity index is 1.85. The van der Waals surface area contributed by atoms with Crippen molar-refractivity contribution < 1.29 is 19.4 Å². The molecule has 1 aliphatic heterocycles. The maximum Gasteiger partial charge on any atom is 0.326 e. The van der Waals surface area contributed by atoms with Gasteiger partial charge in [0.2, 0.25) is 5.91 Å². The van der Waals surface area contributed by atoms with E-state index >= 15 is 0 Å². The third kappa shape index (κ3) is 2.82. The van der Waals surface area contributed by atoms with E-state index in [2.05, 4.69) is 0 Å². The van der Waals surface area contributed by atoms with Crippen LogP contribution in [-0.2, 0) is 20.9 Å². The summed E-state index contributed by atoms with van der Waals surface area (Å²) in [5, 5.41) is 10.4. The minimum atomic E-state index is -0.980. The van der Waals surface area contributed by atoms with Crippen molar-refractivity contribution in [2.24, 2.45) is 0 Å². The number of amides is 1. The number of carboxylic acids is 1. The maximum atomic E-state index is 12.7. The number of likely N-dealkylation sites (tertiary alicyclic amines) is 1. The summed E-state index contributed by atoms with van der Waals surface area (Å²) in [6.07, 6.45) is 0.116. The number of aryl methyl sites for hydroxylation is 1. The first-order valence-corrected chi connectivity index (χ1v) is 7.61. The lowest BCUT2D eigenvalue weighted by Gasteiger charge is -2.22. The molecule has 1 N–H and O–H groups in total. The van der Waals surface area contributed by atoms with Gasteiger partial charge in [-0.3, -0.25) is 4.79 Å². The normalized spacial score (nSPS) is 21.0. The molecule has 23 heavy (non-hydrogen) atoms. The molecule has 0 aliphatic carbocycles. The Labute approximate surface area is 134 Å². The third-order valence-corrected chi connectivity index (χ3v) is 4.51. The fraction of sp³-hybridized carbons (Fsp3) is 0.412. The summed E-state index contributed by atoms with van der Waals surface area (Å²) >= 11 is 0. The van der Waals surface area contributed by atoms with Crippen LogP contribution in [0, 0.1) is 6.92 Å². The first kappa shape index (κ1) is 15.6. The van der Waals surface area contributed by atoms with Crippen molar-refractivity contribution in [2.75, 3.05) is 13.7 Å². The van der Waals surface area contributed by atoms with Crippen LogP contribution >= 0.6 is 0 Å². The molecule has 6 heteroatoms. The minimum absolute atomic E-state index is 0.138. The first-order valence-electron chi connectivity index (χ1n) is 7.61. The van der Waals surface area contributed by atoms with E-state index in [-0.39, 0.29) is 18.6 Å². The first-order chi connectivity index (χ1) is 11.0. The molecule has 0 spiro atoms. The number of benzene rings is 1. The number of ether oxygens (including phenoxy) is 1. The molecule has 1 amide bonds. The highest BCUT2D eigenvalue weighted by Crippen LogP contribution is 2.23. The quantitative estimate of drug-likeness (QED) is 0.931. The Morgan fingerprint density at radius 3 is 2.78 bits per heavy atom. The highest BCUT2D eigenvalue weighted by Gasteiger charge is 2.39. The second kappa shape index (κ2) is 6.04. The van der Waals surface area contributed by atoms with Gasteiger partial charge in [-0.25, -0.2) is 4.79 Å². The van der Waals surface area contributed by atoms with Gasteiger partial charge in [0.05, 0.1) is 6.10 Å². The highest BCUT2D eigenvalue weighted by atomic mass is 16.5. The lowest BCUT2D eigenvalue weighted by Crippen LogP contribution is -2.42.